The average molecular weight is 302 g/mol. The highest BCUT2D eigenvalue weighted by Gasteiger charge is 2.54. The van der Waals surface area contributed by atoms with Crippen molar-refractivity contribution in [3.8, 4) is 0 Å². The highest BCUT2D eigenvalue weighted by Crippen LogP contribution is 2.45. The summed E-state index contributed by atoms with van der Waals surface area (Å²) in [5.41, 5.74) is -0.718. The highest BCUT2D eigenvalue weighted by atomic mass is 16.7. The lowest BCUT2D eigenvalue weighted by Crippen LogP contribution is -2.59. The first-order valence-corrected chi connectivity index (χ1v) is 8.30. The smallest absolute Gasteiger partial charge is 0.184 e. The molecule has 0 bridgehead atoms. The van der Waals surface area contributed by atoms with Crippen molar-refractivity contribution in [2.75, 3.05) is 6.61 Å². The second-order valence-electron chi connectivity index (χ2n) is 6.71. The molecule has 2 fully saturated rings. The van der Waals surface area contributed by atoms with Gasteiger partial charge in [0.15, 0.2) is 6.29 Å². The third-order valence-corrected chi connectivity index (χ3v) is 5.04. The summed E-state index contributed by atoms with van der Waals surface area (Å²) in [6.45, 7) is 3.82. The molecule has 21 heavy (non-hydrogen) atoms. The molecule has 5 nitrogen and oxygen atoms in total. The van der Waals surface area contributed by atoms with Crippen molar-refractivity contribution in [2.45, 2.75) is 89.0 Å². The normalized spacial score (nSPS) is 41.6. The Bertz CT molecular complexity index is 322. The summed E-state index contributed by atoms with van der Waals surface area (Å²) in [4.78, 5) is 0. The van der Waals surface area contributed by atoms with E-state index in [1.165, 1.54) is 0 Å². The summed E-state index contributed by atoms with van der Waals surface area (Å²) < 4.78 is 12.0. The van der Waals surface area contributed by atoms with Crippen LogP contribution < -0.4 is 0 Å². The number of hydrogen-bond donors (Lipinski definition) is 3. The quantitative estimate of drug-likeness (QED) is 0.649. The van der Waals surface area contributed by atoms with Gasteiger partial charge in [-0.15, -0.1) is 0 Å². The van der Waals surface area contributed by atoms with Crippen LogP contribution in [0.2, 0.25) is 0 Å². The van der Waals surface area contributed by atoms with Crippen molar-refractivity contribution in [1.82, 2.24) is 0 Å². The maximum atomic E-state index is 10.4. The van der Waals surface area contributed by atoms with Crippen LogP contribution in [-0.4, -0.2) is 52.1 Å². The molecule has 0 amide bonds. The first-order valence-electron chi connectivity index (χ1n) is 8.30. The SMILES string of the molecule is CC(O)CCCC[C@H]1OC(O)[C@@]2(CCC[C@@H]2CO)OC1C. The summed E-state index contributed by atoms with van der Waals surface area (Å²) >= 11 is 0. The van der Waals surface area contributed by atoms with Gasteiger partial charge in [-0.25, -0.2) is 0 Å². The maximum absolute atomic E-state index is 10.4. The maximum Gasteiger partial charge on any atom is 0.184 e. The average Bonchev–Trinajstić information content (AvgIpc) is 2.83. The van der Waals surface area contributed by atoms with E-state index in [4.69, 9.17) is 9.47 Å². The minimum atomic E-state index is -0.949. The van der Waals surface area contributed by atoms with E-state index in [-0.39, 0.29) is 30.8 Å². The molecule has 2 aliphatic rings. The molecule has 5 heteroatoms. The number of unbranched alkanes of at least 4 members (excludes halogenated alkanes) is 1. The van der Waals surface area contributed by atoms with Crippen LogP contribution in [0.15, 0.2) is 0 Å². The minimum Gasteiger partial charge on any atom is -0.396 e. The number of ether oxygens (including phenoxy) is 2. The lowest BCUT2D eigenvalue weighted by Gasteiger charge is -2.48. The summed E-state index contributed by atoms with van der Waals surface area (Å²) in [6, 6.07) is 0. The Morgan fingerprint density at radius 2 is 2.10 bits per heavy atom. The molecule has 124 valence electrons. The van der Waals surface area contributed by atoms with Gasteiger partial charge in [-0.05, 0) is 46.0 Å². The van der Waals surface area contributed by atoms with Gasteiger partial charge in [0.05, 0.1) is 18.3 Å². The molecule has 2 rings (SSSR count). The molecule has 6 atom stereocenters. The van der Waals surface area contributed by atoms with Gasteiger partial charge in [0.2, 0.25) is 0 Å². The molecule has 1 saturated carbocycles. The minimum absolute atomic E-state index is 0.0339. The zero-order valence-corrected chi connectivity index (χ0v) is 13.2. The first kappa shape index (κ1) is 17.2. The standard InChI is InChI=1S/C16H30O5/c1-11(18)6-3-4-8-14-12(2)21-16(15(19)20-14)9-5-7-13(16)10-17/h11-15,17-19H,3-10H2,1-2H3/t11?,12?,13-,14-,15?,16+/m1/s1. The zero-order valence-electron chi connectivity index (χ0n) is 13.2. The summed E-state index contributed by atoms with van der Waals surface area (Å²) in [7, 11) is 0. The Kier molecular flexibility index (Phi) is 6.03. The lowest BCUT2D eigenvalue weighted by molar-refractivity contribution is -0.338. The molecule has 1 aliphatic carbocycles. The van der Waals surface area contributed by atoms with Crippen molar-refractivity contribution in [3.05, 3.63) is 0 Å². The largest absolute Gasteiger partial charge is 0.396 e. The molecule has 3 unspecified atom stereocenters. The molecule has 1 aliphatic heterocycles. The van der Waals surface area contributed by atoms with Gasteiger partial charge in [0, 0.05) is 12.5 Å². The zero-order chi connectivity index (χ0) is 15.5. The second kappa shape index (κ2) is 7.38. The van der Waals surface area contributed by atoms with E-state index in [0.29, 0.717) is 0 Å². The third-order valence-electron chi connectivity index (χ3n) is 5.04. The molecule has 1 saturated heterocycles. The van der Waals surface area contributed by atoms with Crippen molar-refractivity contribution in [1.29, 1.82) is 0 Å². The first-order chi connectivity index (χ1) is 9.99. The van der Waals surface area contributed by atoms with Gasteiger partial charge in [-0.3, -0.25) is 0 Å². The molecule has 0 aromatic heterocycles. The van der Waals surface area contributed by atoms with E-state index >= 15 is 0 Å². The Morgan fingerprint density at radius 3 is 2.76 bits per heavy atom. The van der Waals surface area contributed by atoms with Crippen LogP contribution in [0.25, 0.3) is 0 Å². The van der Waals surface area contributed by atoms with E-state index in [0.717, 1.165) is 44.9 Å². The predicted molar refractivity (Wildman–Crippen MR) is 78.7 cm³/mol. The fourth-order valence-electron chi connectivity index (χ4n) is 3.76. The van der Waals surface area contributed by atoms with Gasteiger partial charge in [-0.1, -0.05) is 12.8 Å². The van der Waals surface area contributed by atoms with Crippen molar-refractivity contribution < 1.29 is 24.8 Å². The predicted octanol–water partition coefficient (Wildman–Crippen LogP) is 1.58. The number of aliphatic hydroxyl groups is 3. The summed E-state index contributed by atoms with van der Waals surface area (Å²) in [5, 5.41) is 29.2. The fourth-order valence-corrected chi connectivity index (χ4v) is 3.76. The van der Waals surface area contributed by atoms with Crippen LogP contribution in [0.3, 0.4) is 0 Å². The number of aliphatic hydroxyl groups excluding tert-OH is 3. The molecule has 0 radical (unpaired) electrons. The van der Waals surface area contributed by atoms with Gasteiger partial charge < -0.3 is 24.8 Å². The van der Waals surface area contributed by atoms with Crippen molar-refractivity contribution in [2.24, 2.45) is 5.92 Å². The molecule has 1 heterocycles. The topological polar surface area (TPSA) is 79.2 Å². The van der Waals surface area contributed by atoms with Crippen LogP contribution in [0.4, 0.5) is 0 Å². The van der Waals surface area contributed by atoms with Crippen LogP contribution in [0.1, 0.15) is 58.8 Å². The van der Waals surface area contributed by atoms with E-state index < -0.39 is 11.9 Å². The van der Waals surface area contributed by atoms with Gasteiger partial charge >= 0.3 is 0 Å². The van der Waals surface area contributed by atoms with Crippen LogP contribution in [-0.2, 0) is 9.47 Å². The molecule has 3 N–H and O–H groups in total. The third kappa shape index (κ3) is 3.77. The Balaban J connectivity index is 1.87. The van der Waals surface area contributed by atoms with Crippen LogP contribution in [0.5, 0.6) is 0 Å². The van der Waals surface area contributed by atoms with Crippen molar-refractivity contribution in [3.63, 3.8) is 0 Å². The summed E-state index contributed by atoms with van der Waals surface area (Å²) in [5.74, 6) is -0.0360. The van der Waals surface area contributed by atoms with Gasteiger partial charge in [0.25, 0.3) is 0 Å². The Morgan fingerprint density at radius 1 is 1.33 bits per heavy atom. The summed E-state index contributed by atoms with van der Waals surface area (Å²) in [6.07, 6.45) is 4.70. The molecule has 1 spiro atoms. The van der Waals surface area contributed by atoms with Crippen molar-refractivity contribution >= 4 is 0 Å². The fraction of sp³-hybridized carbons (Fsp3) is 1.00. The van der Waals surface area contributed by atoms with E-state index in [1.54, 1.807) is 6.92 Å². The van der Waals surface area contributed by atoms with E-state index in [2.05, 4.69) is 0 Å². The van der Waals surface area contributed by atoms with Gasteiger partial charge in [-0.2, -0.15) is 0 Å². The number of rotatable bonds is 6. The lowest BCUT2D eigenvalue weighted by atomic mass is 9.88. The monoisotopic (exact) mass is 302 g/mol. The van der Waals surface area contributed by atoms with Crippen LogP contribution in [0, 0.1) is 5.92 Å². The molecule has 0 aromatic rings. The Hall–Kier alpha value is -0.200. The van der Waals surface area contributed by atoms with E-state index in [1.807, 2.05) is 6.92 Å². The van der Waals surface area contributed by atoms with E-state index in [9.17, 15) is 15.3 Å². The Labute approximate surface area is 127 Å². The molecule has 0 aromatic carbocycles. The molecular weight excluding hydrogens is 272 g/mol. The highest BCUT2D eigenvalue weighted by molar-refractivity contribution is 4.99. The second-order valence-corrected chi connectivity index (χ2v) is 6.71. The van der Waals surface area contributed by atoms with Gasteiger partial charge in [0.1, 0.15) is 5.60 Å². The molecular formula is C16H30O5. The van der Waals surface area contributed by atoms with Crippen LogP contribution >= 0.6 is 0 Å². The number of hydrogen-bond acceptors (Lipinski definition) is 5.